The maximum atomic E-state index is 3.96. The van der Waals surface area contributed by atoms with E-state index in [0.717, 1.165) is 5.66 Å². The molecule has 0 radical (unpaired) electrons. The van der Waals surface area contributed by atoms with Crippen LogP contribution in [0.3, 0.4) is 0 Å². The third kappa shape index (κ3) is 2.48. The highest BCUT2D eigenvalue weighted by atomic mass is 31.1. The van der Waals surface area contributed by atoms with Crippen LogP contribution >= 0.6 is 7.85 Å². The third-order valence-corrected chi connectivity index (χ3v) is 8.49. The van der Waals surface area contributed by atoms with Gasteiger partial charge in [0.05, 0.1) is 11.0 Å². The molecule has 1 aliphatic carbocycles. The summed E-state index contributed by atoms with van der Waals surface area (Å²) >= 11 is 0. The molecular weight excluding hydrogens is 359 g/mol. The Morgan fingerprint density at radius 3 is 1.64 bits per heavy atom. The van der Waals surface area contributed by atoms with E-state index in [2.05, 4.69) is 82.3 Å². The van der Waals surface area contributed by atoms with E-state index in [-0.39, 0.29) is 0 Å². The number of nitrogens with one attached hydrogen (secondary N) is 2. The minimum absolute atomic E-state index is 0.483. The number of H-pyrrole nitrogens is 2. The Balaban J connectivity index is 1.89. The van der Waals surface area contributed by atoms with Crippen molar-refractivity contribution in [2.75, 3.05) is 0 Å². The van der Waals surface area contributed by atoms with Gasteiger partial charge in [-0.15, -0.1) is 0 Å². The van der Waals surface area contributed by atoms with E-state index in [1.165, 1.54) is 69.0 Å². The quantitative estimate of drug-likeness (QED) is 0.293. The first-order valence-corrected chi connectivity index (χ1v) is 11.7. The van der Waals surface area contributed by atoms with Crippen molar-refractivity contribution in [2.45, 2.75) is 31.3 Å². The lowest BCUT2D eigenvalue weighted by Gasteiger charge is -2.08. The summed E-state index contributed by atoms with van der Waals surface area (Å²) < 4.78 is 7.92. The summed E-state index contributed by atoms with van der Waals surface area (Å²) in [6.07, 6.45) is 5.39. The van der Waals surface area contributed by atoms with Crippen molar-refractivity contribution in [3.05, 3.63) is 72.8 Å². The monoisotopic (exact) mass is 382 g/mol. The Morgan fingerprint density at radius 1 is 0.607 bits per heavy atom. The molecule has 0 spiro atoms. The number of aromatic nitrogens is 2. The van der Waals surface area contributed by atoms with Gasteiger partial charge in [-0.25, -0.2) is 0 Å². The zero-order valence-electron chi connectivity index (χ0n) is 15.8. The van der Waals surface area contributed by atoms with E-state index < -0.39 is 7.85 Å². The molecule has 0 aliphatic heterocycles. The molecule has 0 unspecified atom stereocenters. The minimum Gasteiger partial charge on any atom is -0.332 e. The van der Waals surface area contributed by atoms with Crippen molar-refractivity contribution in [1.29, 1.82) is 0 Å². The predicted molar refractivity (Wildman–Crippen MR) is 123 cm³/mol. The Hall–Kier alpha value is -2.70. The normalized spacial score (nSPS) is 15.1. The van der Waals surface area contributed by atoms with Gasteiger partial charge in [-0.2, -0.15) is 0 Å². The Bertz CT molecular complexity index is 1280. The molecule has 28 heavy (non-hydrogen) atoms. The fraction of sp³-hybridized carbons (Fsp3) is 0.200. The van der Waals surface area contributed by atoms with Crippen LogP contribution in [0, 0.1) is 0 Å². The molecule has 6 rings (SSSR count). The summed E-state index contributed by atoms with van der Waals surface area (Å²) in [6, 6.07) is 26.7. The highest BCUT2D eigenvalue weighted by Crippen LogP contribution is 2.47. The maximum Gasteiger partial charge on any atom is 0.0507 e. The van der Waals surface area contributed by atoms with E-state index in [1.807, 2.05) is 0 Å². The average molecular weight is 382 g/mol. The highest BCUT2D eigenvalue weighted by molar-refractivity contribution is 7.42. The molecule has 138 valence electrons. The molecule has 1 heterocycles. The Kier molecular flexibility index (Phi) is 3.74. The van der Waals surface area contributed by atoms with Crippen LogP contribution in [0.2, 0.25) is 0 Å². The fourth-order valence-electron chi connectivity index (χ4n) is 4.90. The van der Waals surface area contributed by atoms with Gasteiger partial charge >= 0.3 is 0 Å². The van der Waals surface area contributed by atoms with E-state index >= 15 is 0 Å². The second kappa shape index (κ2) is 6.43. The first-order valence-electron chi connectivity index (χ1n) is 10.2. The van der Waals surface area contributed by atoms with Crippen LogP contribution in [-0.2, 0) is 0 Å². The predicted octanol–water partition coefficient (Wildman–Crippen LogP) is 8.18. The van der Waals surface area contributed by atoms with Crippen LogP contribution in [-0.4, -0.2) is 9.49 Å². The van der Waals surface area contributed by atoms with Gasteiger partial charge in [0.1, 0.15) is 0 Å². The van der Waals surface area contributed by atoms with Gasteiger partial charge in [0, 0.05) is 24.3 Å². The van der Waals surface area contributed by atoms with Gasteiger partial charge in [0.2, 0.25) is 0 Å². The summed E-state index contributed by atoms with van der Waals surface area (Å²) in [4.78, 5) is 0. The second-order valence-corrected chi connectivity index (χ2v) is 9.87. The number of hydrogen-bond donors (Lipinski definition) is 2. The number of benzene rings is 4. The van der Waals surface area contributed by atoms with E-state index in [0.29, 0.717) is 0 Å². The lowest BCUT2D eigenvalue weighted by molar-refractivity contribution is 0.835. The Morgan fingerprint density at radius 2 is 1.11 bits per heavy atom. The van der Waals surface area contributed by atoms with Crippen LogP contribution in [0.5, 0.6) is 0 Å². The smallest absolute Gasteiger partial charge is 0.0507 e. The van der Waals surface area contributed by atoms with Gasteiger partial charge in [0.25, 0.3) is 0 Å². The summed E-state index contributed by atoms with van der Waals surface area (Å²) in [7, 11) is -0.483. The van der Waals surface area contributed by atoms with Crippen LogP contribution in [0.15, 0.2) is 72.8 Å². The lowest BCUT2D eigenvalue weighted by Crippen LogP contribution is -1.83. The van der Waals surface area contributed by atoms with Gasteiger partial charge < -0.3 is 9.49 Å². The van der Waals surface area contributed by atoms with E-state index in [4.69, 9.17) is 0 Å². The Labute approximate surface area is 165 Å². The first kappa shape index (κ1) is 16.3. The van der Waals surface area contributed by atoms with Crippen molar-refractivity contribution in [1.82, 2.24) is 9.49 Å². The van der Waals surface area contributed by atoms with E-state index in [1.54, 1.807) is 0 Å². The van der Waals surface area contributed by atoms with Crippen molar-refractivity contribution < 1.29 is 0 Å². The molecule has 0 atom stereocenters. The minimum atomic E-state index is -0.483. The summed E-state index contributed by atoms with van der Waals surface area (Å²) in [5.74, 6) is 0. The first-order chi connectivity index (χ1) is 13.9. The summed E-state index contributed by atoms with van der Waals surface area (Å²) in [5, 5.41) is 7.95. The van der Waals surface area contributed by atoms with Crippen LogP contribution in [0.1, 0.15) is 31.3 Å². The largest absolute Gasteiger partial charge is 0.332 e. The molecular formula is C25H23N2P. The lowest BCUT2D eigenvalue weighted by atomic mass is 9.98. The fourth-order valence-corrected chi connectivity index (χ4v) is 7.09. The molecule has 0 bridgehead atoms. The molecule has 1 aliphatic rings. The van der Waals surface area contributed by atoms with Gasteiger partial charge in [0.15, 0.2) is 0 Å². The molecule has 2 nitrogen and oxygen atoms in total. The molecule has 1 aromatic heterocycles. The summed E-state index contributed by atoms with van der Waals surface area (Å²) in [5.41, 5.74) is 3.30. The number of rotatable bonds is 1. The molecule has 0 saturated heterocycles. The molecule has 2 N–H and O–H groups in total. The highest BCUT2D eigenvalue weighted by Gasteiger charge is 2.19. The van der Waals surface area contributed by atoms with Crippen molar-refractivity contribution in [3.8, 4) is 0 Å². The molecule has 4 aromatic carbocycles. The van der Waals surface area contributed by atoms with Gasteiger partial charge in [-0.3, -0.25) is 0 Å². The van der Waals surface area contributed by atoms with E-state index in [9.17, 15) is 0 Å². The molecule has 1 fully saturated rings. The second-order valence-electron chi connectivity index (χ2n) is 7.95. The standard InChI is InChI=1S/C25H23N2P/c1-5-11-20-17(7-1)13-15-22-24(20)25-21-12-6-2-8-18(21)14-16-23(25)27-28(26-22)19-9-3-4-10-19/h1-2,5-8,11-16,19,26-27H,3-4,9-10H2. The average Bonchev–Trinajstić information content (AvgIpc) is 3.22. The number of aromatic amines is 2. The third-order valence-electron chi connectivity index (χ3n) is 6.28. The van der Waals surface area contributed by atoms with Gasteiger partial charge in [-0.1, -0.05) is 73.5 Å². The number of hydrogen-bond acceptors (Lipinski definition) is 0. The zero-order valence-corrected chi connectivity index (χ0v) is 16.7. The van der Waals surface area contributed by atoms with Crippen LogP contribution in [0.25, 0.3) is 43.4 Å². The molecule has 0 amide bonds. The van der Waals surface area contributed by atoms with Crippen LogP contribution in [0.4, 0.5) is 0 Å². The summed E-state index contributed by atoms with van der Waals surface area (Å²) in [6.45, 7) is 0. The van der Waals surface area contributed by atoms with Crippen molar-refractivity contribution in [2.24, 2.45) is 0 Å². The molecule has 5 aromatic rings. The maximum absolute atomic E-state index is 3.96. The number of fused-ring (bicyclic) bond motifs is 7. The molecule has 3 heteroatoms. The van der Waals surface area contributed by atoms with Crippen LogP contribution < -0.4 is 0 Å². The van der Waals surface area contributed by atoms with Crippen molar-refractivity contribution in [3.63, 3.8) is 0 Å². The zero-order chi connectivity index (χ0) is 18.5. The van der Waals surface area contributed by atoms with Gasteiger partial charge in [-0.05, 0) is 46.5 Å². The molecule has 1 saturated carbocycles. The SMILES string of the molecule is c1ccc2c(c1)ccc1[nH]p(C3CCCC3)[nH]c3ccc4ccccc4c3c12. The topological polar surface area (TPSA) is 31.6 Å². The van der Waals surface area contributed by atoms with Crippen molar-refractivity contribution >= 4 is 51.2 Å².